The van der Waals surface area contributed by atoms with Crippen molar-refractivity contribution in [1.29, 1.82) is 0 Å². The Morgan fingerprint density at radius 2 is 1.75 bits per heavy atom. The molecule has 0 saturated heterocycles. The highest BCUT2D eigenvalue weighted by Crippen LogP contribution is 2.36. The standard InChI is InChI=1S/C13H8Cl3NO3/c14-9-2-1-7(5-10(9)15)20-12-8(13(18)19)3-6(17)4-11(12)16/h1-5H,17H2,(H,18,19). The Balaban J connectivity index is 2.47. The van der Waals surface area contributed by atoms with E-state index in [0.717, 1.165) is 0 Å². The molecule has 0 aliphatic carbocycles. The summed E-state index contributed by atoms with van der Waals surface area (Å²) < 4.78 is 5.48. The van der Waals surface area contributed by atoms with Crippen molar-refractivity contribution < 1.29 is 14.6 Å². The molecule has 0 heterocycles. The number of hydrogen-bond acceptors (Lipinski definition) is 3. The van der Waals surface area contributed by atoms with Gasteiger partial charge in [-0.25, -0.2) is 4.79 Å². The van der Waals surface area contributed by atoms with Crippen LogP contribution >= 0.6 is 34.8 Å². The summed E-state index contributed by atoms with van der Waals surface area (Å²) in [5.74, 6) is -0.894. The smallest absolute Gasteiger partial charge is 0.339 e. The van der Waals surface area contributed by atoms with E-state index in [1.807, 2.05) is 0 Å². The quantitative estimate of drug-likeness (QED) is 0.798. The van der Waals surface area contributed by atoms with Crippen LogP contribution in [0.2, 0.25) is 15.1 Å². The first-order valence-corrected chi connectivity index (χ1v) is 6.47. The van der Waals surface area contributed by atoms with Crippen LogP contribution < -0.4 is 10.5 Å². The molecule has 0 aliphatic rings. The number of aromatic carboxylic acids is 1. The van der Waals surface area contributed by atoms with Gasteiger partial charge in [-0.05, 0) is 24.3 Å². The number of carbonyl (C=O) groups is 1. The predicted molar refractivity (Wildman–Crippen MR) is 79.4 cm³/mol. The monoisotopic (exact) mass is 331 g/mol. The molecular weight excluding hydrogens is 325 g/mol. The Kier molecular flexibility index (Phi) is 4.28. The highest BCUT2D eigenvalue weighted by atomic mass is 35.5. The molecule has 0 aliphatic heterocycles. The van der Waals surface area contributed by atoms with Crippen molar-refractivity contribution in [3.63, 3.8) is 0 Å². The molecule has 0 radical (unpaired) electrons. The summed E-state index contributed by atoms with van der Waals surface area (Å²) >= 11 is 17.6. The molecule has 20 heavy (non-hydrogen) atoms. The van der Waals surface area contributed by atoms with Crippen LogP contribution in [0.15, 0.2) is 30.3 Å². The Morgan fingerprint density at radius 1 is 1.05 bits per heavy atom. The van der Waals surface area contributed by atoms with Crippen molar-refractivity contribution in [2.24, 2.45) is 0 Å². The number of carboxylic acids is 1. The molecule has 2 rings (SSSR count). The molecule has 104 valence electrons. The summed E-state index contributed by atoms with van der Waals surface area (Å²) in [5.41, 5.74) is 5.65. The Hall–Kier alpha value is -1.62. The average Bonchev–Trinajstić information content (AvgIpc) is 2.36. The highest BCUT2D eigenvalue weighted by molar-refractivity contribution is 6.42. The van der Waals surface area contributed by atoms with E-state index in [0.29, 0.717) is 10.8 Å². The summed E-state index contributed by atoms with van der Waals surface area (Å²) in [6.07, 6.45) is 0. The zero-order valence-corrected chi connectivity index (χ0v) is 12.1. The lowest BCUT2D eigenvalue weighted by atomic mass is 10.2. The van der Waals surface area contributed by atoms with Gasteiger partial charge in [0.2, 0.25) is 0 Å². The number of anilines is 1. The summed E-state index contributed by atoms with van der Waals surface area (Å²) in [7, 11) is 0. The van der Waals surface area contributed by atoms with E-state index in [9.17, 15) is 4.79 Å². The minimum absolute atomic E-state index is 0.00763. The largest absolute Gasteiger partial charge is 0.478 e. The normalized spacial score (nSPS) is 10.3. The molecule has 0 unspecified atom stereocenters. The maximum absolute atomic E-state index is 11.2. The molecule has 0 atom stereocenters. The van der Waals surface area contributed by atoms with Gasteiger partial charge in [0.15, 0.2) is 5.75 Å². The first-order chi connectivity index (χ1) is 9.38. The van der Waals surface area contributed by atoms with Gasteiger partial charge in [0.25, 0.3) is 0 Å². The second-order valence-corrected chi connectivity index (χ2v) is 5.08. The summed E-state index contributed by atoms with van der Waals surface area (Å²) in [5, 5.41) is 9.89. The molecule has 3 N–H and O–H groups in total. The molecule has 0 bridgehead atoms. The maximum atomic E-state index is 11.2. The van der Waals surface area contributed by atoms with Crippen LogP contribution in [0, 0.1) is 0 Å². The van der Waals surface area contributed by atoms with Gasteiger partial charge in [-0.2, -0.15) is 0 Å². The SMILES string of the molecule is Nc1cc(Cl)c(Oc2ccc(Cl)c(Cl)c2)c(C(=O)O)c1. The maximum Gasteiger partial charge on any atom is 0.339 e. The predicted octanol–water partition coefficient (Wildman–Crippen LogP) is 4.72. The number of carboxylic acid groups (broad SMARTS) is 1. The number of nitrogens with two attached hydrogens (primary N) is 1. The molecule has 7 heteroatoms. The third kappa shape index (κ3) is 3.10. The van der Waals surface area contributed by atoms with E-state index >= 15 is 0 Å². The van der Waals surface area contributed by atoms with E-state index in [-0.39, 0.29) is 27.0 Å². The molecule has 0 amide bonds. The number of rotatable bonds is 3. The fourth-order valence-electron chi connectivity index (χ4n) is 1.54. The molecule has 0 aromatic heterocycles. The number of benzene rings is 2. The van der Waals surface area contributed by atoms with Crippen molar-refractivity contribution in [2.75, 3.05) is 5.73 Å². The molecular formula is C13H8Cl3NO3. The highest BCUT2D eigenvalue weighted by Gasteiger charge is 2.17. The van der Waals surface area contributed by atoms with Gasteiger partial charge in [0.1, 0.15) is 11.3 Å². The first kappa shape index (κ1) is 14.8. The van der Waals surface area contributed by atoms with Crippen LogP contribution in [-0.4, -0.2) is 11.1 Å². The Morgan fingerprint density at radius 3 is 2.35 bits per heavy atom. The molecule has 0 spiro atoms. The number of nitrogen functional groups attached to an aromatic ring is 1. The van der Waals surface area contributed by atoms with Gasteiger partial charge in [-0.1, -0.05) is 34.8 Å². The minimum Gasteiger partial charge on any atom is -0.478 e. The second-order valence-electron chi connectivity index (χ2n) is 3.86. The van der Waals surface area contributed by atoms with E-state index in [1.54, 1.807) is 6.07 Å². The van der Waals surface area contributed by atoms with Crippen LogP contribution in [0.5, 0.6) is 11.5 Å². The van der Waals surface area contributed by atoms with E-state index in [2.05, 4.69) is 0 Å². The summed E-state index contributed by atoms with van der Waals surface area (Å²) in [6.45, 7) is 0. The number of ether oxygens (including phenoxy) is 1. The molecule has 2 aromatic carbocycles. The van der Waals surface area contributed by atoms with Crippen molar-refractivity contribution in [3.8, 4) is 11.5 Å². The van der Waals surface area contributed by atoms with Crippen molar-refractivity contribution >= 4 is 46.5 Å². The molecule has 2 aromatic rings. The van der Waals surface area contributed by atoms with Crippen LogP contribution in [0.4, 0.5) is 5.69 Å². The fourth-order valence-corrected chi connectivity index (χ4v) is 2.09. The van der Waals surface area contributed by atoms with Gasteiger partial charge in [-0.3, -0.25) is 0 Å². The van der Waals surface area contributed by atoms with Gasteiger partial charge < -0.3 is 15.6 Å². The zero-order chi connectivity index (χ0) is 14.9. The lowest BCUT2D eigenvalue weighted by Crippen LogP contribution is -2.02. The fraction of sp³-hybridized carbons (Fsp3) is 0. The summed E-state index contributed by atoms with van der Waals surface area (Å²) in [4.78, 5) is 11.2. The summed E-state index contributed by atoms with van der Waals surface area (Å²) in [6, 6.07) is 7.21. The van der Waals surface area contributed by atoms with Crippen molar-refractivity contribution in [1.82, 2.24) is 0 Å². The molecule has 0 fully saturated rings. The Labute approximate surface area is 129 Å². The number of halogens is 3. The van der Waals surface area contributed by atoms with Gasteiger partial charge in [-0.15, -0.1) is 0 Å². The molecule has 4 nitrogen and oxygen atoms in total. The van der Waals surface area contributed by atoms with Crippen LogP contribution in [0.1, 0.15) is 10.4 Å². The van der Waals surface area contributed by atoms with Crippen LogP contribution in [0.3, 0.4) is 0 Å². The van der Waals surface area contributed by atoms with E-state index in [4.69, 9.17) is 50.4 Å². The van der Waals surface area contributed by atoms with E-state index < -0.39 is 5.97 Å². The third-order valence-electron chi connectivity index (χ3n) is 2.41. The number of hydrogen-bond donors (Lipinski definition) is 2. The first-order valence-electron chi connectivity index (χ1n) is 5.33. The van der Waals surface area contributed by atoms with Crippen molar-refractivity contribution in [3.05, 3.63) is 51.0 Å². The second kappa shape index (κ2) is 5.79. The van der Waals surface area contributed by atoms with Gasteiger partial charge in [0, 0.05) is 11.8 Å². The van der Waals surface area contributed by atoms with Gasteiger partial charge >= 0.3 is 5.97 Å². The lowest BCUT2D eigenvalue weighted by Gasteiger charge is -2.12. The Bertz CT molecular complexity index is 689. The third-order valence-corrected chi connectivity index (χ3v) is 3.43. The van der Waals surface area contributed by atoms with Crippen LogP contribution in [0.25, 0.3) is 0 Å². The molecule has 0 saturated carbocycles. The van der Waals surface area contributed by atoms with E-state index in [1.165, 1.54) is 24.3 Å². The topological polar surface area (TPSA) is 72.5 Å². The van der Waals surface area contributed by atoms with Crippen LogP contribution in [-0.2, 0) is 0 Å². The average molecular weight is 333 g/mol. The zero-order valence-electron chi connectivity index (χ0n) is 9.86. The van der Waals surface area contributed by atoms with Crippen molar-refractivity contribution in [2.45, 2.75) is 0 Å². The van der Waals surface area contributed by atoms with Gasteiger partial charge in [0.05, 0.1) is 15.1 Å². The minimum atomic E-state index is -1.20. The lowest BCUT2D eigenvalue weighted by molar-refractivity contribution is 0.0694.